The molecule has 0 aliphatic heterocycles. The number of pyridine rings is 1. The fourth-order valence-corrected chi connectivity index (χ4v) is 2.98. The summed E-state index contributed by atoms with van der Waals surface area (Å²) in [5, 5.41) is 13.9. The van der Waals surface area contributed by atoms with Crippen LogP contribution in [-0.2, 0) is 7.05 Å². The summed E-state index contributed by atoms with van der Waals surface area (Å²) < 4.78 is 5.95. The molecule has 0 radical (unpaired) electrons. The van der Waals surface area contributed by atoms with Gasteiger partial charge in [-0.1, -0.05) is 12.1 Å². The number of aromatic nitrogens is 2. The lowest BCUT2D eigenvalue weighted by Crippen LogP contribution is -2.19. The first kappa shape index (κ1) is 14.9. The Balaban J connectivity index is 2.02. The number of nitrogens with zero attached hydrogens (tertiary/aromatic N) is 3. The predicted octanol–water partition coefficient (Wildman–Crippen LogP) is 2.16. The van der Waals surface area contributed by atoms with Gasteiger partial charge in [0.05, 0.1) is 4.92 Å². The molecule has 3 aromatic rings. The number of nitro benzene ring substituents is 1. The van der Waals surface area contributed by atoms with Gasteiger partial charge in [0.2, 0.25) is 5.43 Å². The zero-order chi connectivity index (χ0) is 16.6. The van der Waals surface area contributed by atoms with Crippen LogP contribution in [0.2, 0.25) is 0 Å². The van der Waals surface area contributed by atoms with Crippen LogP contribution in [0.25, 0.3) is 10.1 Å². The first-order valence-corrected chi connectivity index (χ1v) is 7.25. The first-order valence-electron chi connectivity index (χ1n) is 6.48. The number of fused-ring (bicyclic) bond motifs is 1. The van der Waals surface area contributed by atoms with Gasteiger partial charge in [-0.05, 0) is 11.5 Å². The van der Waals surface area contributed by atoms with Gasteiger partial charge in [-0.15, -0.1) is 0 Å². The van der Waals surface area contributed by atoms with Gasteiger partial charge in [-0.25, -0.2) is 0 Å². The SMILES string of the molecule is Cn1ccc(=O)c(NC(=O)c2nsc3c([N+](=O)[O-])cccc23)c1. The molecule has 0 unspecified atom stereocenters. The molecule has 2 aromatic heterocycles. The maximum Gasteiger partial charge on any atom is 0.288 e. The molecule has 0 spiro atoms. The molecular weight excluding hydrogens is 320 g/mol. The molecule has 1 amide bonds. The highest BCUT2D eigenvalue weighted by Gasteiger charge is 2.21. The summed E-state index contributed by atoms with van der Waals surface area (Å²) in [6.07, 6.45) is 3.05. The Hall–Kier alpha value is -3.07. The number of aryl methyl sites for hydroxylation is 1. The fraction of sp³-hybridized carbons (Fsp3) is 0.0714. The van der Waals surface area contributed by atoms with Gasteiger partial charge in [0.15, 0.2) is 0 Å². The van der Waals surface area contributed by atoms with E-state index in [1.165, 1.54) is 24.4 Å². The number of anilines is 1. The van der Waals surface area contributed by atoms with Crippen molar-refractivity contribution in [2.24, 2.45) is 7.05 Å². The van der Waals surface area contributed by atoms with Crippen LogP contribution in [0, 0.1) is 10.1 Å². The summed E-state index contributed by atoms with van der Waals surface area (Å²) in [5.41, 5.74) is -0.261. The fourth-order valence-electron chi connectivity index (χ4n) is 2.12. The average molecular weight is 330 g/mol. The quantitative estimate of drug-likeness (QED) is 0.585. The summed E-state index contributed by atoms with van der Waals surface area (Å²) >= 11 is 0.879. The number of carbonyl (C=O) groups excluding carboxylic acids is 1. The van der Waals surface area contributed by atoms with E-state index in [4.69, 9.17) is 0 Å². The molecule has 0 fully saturated rings. The molecule has 0 saturated carbocycles. The van der Waals surface area contributed by atoms with Gasteiger partial charge in [0, 0.05) is 37.0 Å². The molecule has 9 heteroatoms. The van der Waals surface area contributed by atoms with E-state index in [-0.39, 0.29) is 22.5 Å². The molecule has 0 atom stereocenters. The number of hydrogen-bond acceptors (Lipinski definition) is 6. The minimum atomic E-state index is -0.583. The molecule has 1 aromatic carbocycles. The number of rotatable bonds is 3. The Kier molecular flexibility index (Phi) is 3.62. The van der Waals surface area contributed by atoms with Crippen LogP contribution in [0.1, 0.15) is 10.5 Å². The van der Waals surface area contributed by atoms with Crippen LogP contribution < -0.4 is 10.7 Å². The predicted molar refractivity (Wildman–Crippen MR) is 85.9 cm³/mol. The number of nitrogens with one attached hydrogen (secondary N) is 1. The van der Waals surface area contributed by atoms with E-state index < -0.39 is 10.8 Å². The maximum absolute atomic E-state index is 12.3. The van der Waals surface area contributed by atoms with Crippen molar-refractivity contribution in [3.63, 3.8) is 0 Å². The second-order valence-electron chi connectivity index (χ2n) is 4.78. The maximum atomic E-state index is 12.3. The first-order chi connectivity index (χ1) is 11.0. The Bertz CT molecular complexity index is 992. The Morgan fingerprint density at radius 2 is 2.17 bits per heavy atom. The summed E-state index contributed by atoms with van der Waals surface area (Å²) in [4.78, 5) is 34.6. The van der Waals surface area contributed by atoms with E-state index in [9.17, 15) is 19.7 Å². The summed E-state index contributed by atoms with van der Waals surface area (Å²) in [6, 6.07) is 5.77. The minimum absolute atomic E-state index is 0.0552. The molecule has 0 aliphatic carbocycles. The number of hydrogen-bond donors (Lipinski definition) is 1. The van der Waals surface area contributed by atoms with Crippen molar-refractivity contribution in [3.8, 4) is 0 Å². The Morgan fingerprint density at radius 3 is 2.91 bits per heavy atom. The van der Waals surface area contributed by atoms with Crippen molar-refractivity contribution >= 4 is 38.9 Å². The highest BCUT2D eigenvalue weighted by atomic mass is 32.1. The third kappa shape index (κ3) is 2.69. The Labute approximate surface area is 133 Å². The normalized spacial score (nSPS) is 10.7. The third-order valence-electron chi connectivity index (χ3n) is 3.20. The lowest BCUT2D eigenvalue weighted by molar-refractivity contribution is -0.382. The van der Waals surface area contributed by atoms with Crippen molar-refractivity contribution in [1.82, 2.24) is 8.94 Å². The lowest BCUT2D eigenvalue weighted by Gasteiger charge is -2.04. The van der Waals surface area contributed by atoms with E-state index in [1.807, 2.05) is 0 Å². The Morgan fingerprint density at radius 1 is 1.39 bits per heavy atom. The van der Waals surface area contributed by atoms with E-state index in [0.717, 1.165) is 11.5 Å². The number of benzene rings is 1. The lowest BCUT2D eigenvalue weighted by atomic mass is 10.2. The van der Waals surface area contributed by atoms with Crippen molar-refractivity contribution in [1.29, 1.82) is 0 Å². The summed E-state index contributed by atoms with van der Waals surface area (Å²) in [6.45, 7) is 0. The zero-order valence-corrected chi connectivity index (χ0v) is 12.7. The van der Waals surface area contributed by atoms with Gasteiger partial charge in [-0.3, -0.25) is 19.7 Å². The van der Waals surface area contributed by atoms with Crippen molar-refractivity contribution in [2.45, 2.75) is 0 Å². The molecule has 3 rings (SSSR count). The largest absolute Gasteiger partial charge is 0.355 e. The van der Waals surface area contributed by atoms with Gasteiger partial charge in [-0.2, -0.15) is 4.37 Å². The van der Waals surface area contributed by atoms with Gasteiger partial charge < -0.3 is 9.88 Å². The highest BCUT2D eigenvalue weighted by molar-refractivity contribution is 7.14. The van der Waals surface area contributed by atoms with Crippen LogP contribution in [-0.4, -0.2) is 19.8 Å². The third-order valence-corrected chi connectivity index (χ3v) is 4.08. The van der Waals surface area contributed by atoms with Crippen LogP contribution in [0.15, 0.2) is 41.5 Å². The topological polar surface area (TPSA) is 107 Å². The second-order valence-corrected chi connectivity index (χ2v) is 5.56. The minimum Gasteiger partial charge on any atom is -0.355 e. The van der Waals surface area contributed by atoms with Gasteiger partial charge >= 0.3 is 0 Å². The van der Waals surface area contributed by atoms with E-state index in [2.05, 4.69) is 9.69 Å². The molecule has 0 bridgehead atoms. The van der Waals surface area contributed by atoms with Gasteiger partial charge in [0.1, 0.15) is 16.1 Å². The smallest absolute Gasteiger partial charge is 0.288 e. The molecular formula is C14H10N4O4S. The van der Waals surface area contributed by atoms with E-state index in [0.29, 0.717) is 10.1 Å². The molecule has 2 heterocycles. The zero-order valence-electron chi connectivity index (χ0n) is 11.8. The average Bonchev–Trinajstić information content (AvgIpc) is 2.94. The van der Waals surface area contributed by atoms with Crippen LogP contribution in [0.5, 0.6) is 0 Å². The molecule has 8 nitrogen and oxygen atoms in total. The summed E-state index contributed by atoms with van der Waals surface area (Å²) in [5.74, 6) is -0.583. The summed E-state index contributed by atoms with van der Waals surface area (Å²) in [7, 11) is 1.72. The molecule has 116 valence electrons. The number of non-ortho nitro benzene ring substituents is 1. The number of amides is 1. The van der Waals surface area contributed by atoms with Crippen LogP contribution in [0.3, 0.4) is 0 Å². The van der Waals surface area contributed by atoms with Crippen LogP contribution >= 0.6 is 11.5 Å². The second kappa shape index (κ2) is 5.61. The van der Waals surface area contributed by atoms with E-state index >= 15 is 0 Å². The van der Waals surface area contributed by atoms with Crippen molar-refractivity contribution in [3.05, 3.63) is 62.7 Å². The van der Waals surface area contributed by atoms with Gasteiger partial charge in [0.25, 0.3) is 11.6 Å². The molecule has 1 N–H and O–H groups in total. The van der Waals surface area contributed by atoms with Crippen molar-refractivity contribution < 1.29 is 9.72 Å². The monoisotopic (exact) mass is 330 g/mol. The number of carbonyl (C=O) groups is 1. The van der Waals surface area contributed by atoms with E-state index in [1.54, 1.807) is 23.9 Å². The molecule has 23 heavy (non-hydrogen) atoms. The molecule has 0 saturated heterocycles. The van der Waals surface area contributed by atoms with Crippen molar-refractivity contribution in [2.75, 3.05) is 5.32 Å². The number of nitro groups is 1. The highest BCUT2D eigenvalue weighted by Crippen LogP contribution is 2.31. The van der Waals surface area contributed by atoms with Crippen LogP contribution in [0.4, 0.5) is 11.4 Å². The molecule has 0 aliphatic rings. The standard InChI is InChI=1S/C14H10N4O4S/c1-17-6-5-11(19)9(7-17)15-14(20)12-8-3-2-4-10(18(21)22)13(8)23-16-12/h2-7H,1H3,(H,15,20).